The summed E-state index contributed by atoms with van der Waals surface area (Å²) in [6.45, 7) is 0. The van der Waals surface area contributed by atoms with Crippen LogP contribution in [0.15, 0.2) is 0 Å². The summed E-state index contributed by atoms with van der Waals surface area (Å²) in [6, 6.07) is 0. The summed E-state index contributed by atoms with van der Waals surface area (Å²) >= 11 is -0.232. The molecule has 0 saturated heterocycles. The third-order valence-corrected chi connectivity index (χ3v) is 2.14. The summed E-state index contributed by atoms with van der Waals surface area (Å²) in [5, 5.41) is 14.2. The Morgan fingerprint density at radius 2 is 1.75 bits per heavy atom. The third-order valence-electron chi connectivity index (χ3n) is 1.28. The molecule has 0 bridgehead atoms. The summed E-state index contributed by atoms with van der Waals surface area (Å²) < 4.78 is 35.0. The Bertz CT molecular complexity index is 301. The van der Waals surface area contributed by atoms with Gasteiger partial charge in [-0.1, -0.05) is 0 Å². The van der Waals surface area contributed by atoms with Crippen molar-refractivity contribution in [2.45, 2.75) is 25.1 Å². The van der Waals surface area contributed by atoms with Crippen LogP contribution in [-0.4, -0.2) is 38.7 Å². The molecule has 0 spiro atoms. The van der Waals surface area contributed by atoms with Gasteiger partial charge in [0.2, 0.25) is 11.2 Å². The summed E-state index contributed by atoms with van der Waals surface area (Å²) in [5.41, 5.74) is 0. The average Bonchev–Trinajstić information content (AvgIpc) is 2.12. The van der Waals surface area contributed by atoms with E-state index in [1.54, 1.807) is 0 Å². The highest BCUT2D eigenvalue weighted by molar-refractivity contribution is 8.26. The Morgan fingerprint density at radius 3 is 2.12 bits per heavy atom. The molecule has 2 N–H and O–H groups in total. The van der Waals surface area contributed by atoms with E-state index in [-0.39, 0.29) is 11.8 Å². The molecule has 0 heterocycles. The minimum atomic E-state index is -4.52. The largest absolute Gasteiger partial charge is 0.479 e. The topological polar surface area (TPSA) is 91.7 Å². The Morgan fingerprint density at radius 1 is 1.25 bits per heavy atom. The number of rotatable bonds is 4. The molecule has 0 radical (unpaired) electrons. The predicted octanol–water partition coefficient (Wildman–Crippen LogP) is 0.561. The van der Waals surface area contributed by atoms with E-state index in [4.69, 9.17) is 10.2 Å². The highest BCUT2D eigenvalue weighted by atomic mass is 32.2. The van der Waals surface area contributed by atoms with Crippen molar-refractivity contribution in [3.8, 4) is 0 Å². The molecule has 0 amide bonds. The normalized spacial score (nSPS) is 13.2. The number of carbonyl (C=O) groups excluding carboxylic acids is 2. The molecule has 5 nitrogen and oxygen atoms in total. The van der Waals surface area contributed by atoms with Gasteiger partial charge < -0.3 is 10.2 Å². The Labute approximate surface area is 91.6 Å². The minimum absolute atomic E-state index is 0.232. The van der Waals surface area contributed by atoms with Gasteiger partial charge in [-0.15, -0.1) is 0 Å². The SMILES string of the molecule is O=C(CCC(F)(F)F)SC(=O)C(O)C(=O)O. The van der Waals surface area contributed by atoms with Crippen molar-refractivity contribution >= 4 is 28.0 Å². The number of hydrogen-bond donors (Lipinski definition) is 2. The molecule has 9 heteroatoms. The van der Waals surface area contributed by atoms with E-state index in [1.165, 1.54) is 0 Å². The second-order valence-electron chi connectivity index (χ2n) is 2.65. The number of aliphatic hydroxyl groups excluding tert-OH is 1. The Kier molecular flexibility index (Phi) is 5.45. The van der Waals surface area contributed by atoms with E-state index in [0.29, 0.717) is 0 Å². The number of carbonyl (C=O) groups is 3. The van der Waals surface area contributed by atoms with Crippen molar-refractivity contribution < 1.29 is 37.8 Å². The lowest BCUT2D eigenvalue weighted by Gasteiger charge is -2.05. The first-order chi connectivity index (χ1) is 7.13. The van der Waals surface area contributed by atoms with Crippen LogP contribution >= 0.6 is 11.8 Å². The molecule has 92 valence electrons. The zero-order chi connectivity index (χ0) is 12.9. The molecule has 1 unspecified atom stereocenters. The van der Waals surface area contributed by atoms with Gasteiger partial charge in [0, 0.05) is 6.42 Å². The van der Waals surface area contributed by atoms with Gasteiger partial charge in [0.1, 0.15) is 0 Å². The van der Waals surface area contributed by atoms with Gasteiger partial charge >= 0.3 is 12.1 Å². The fourth-order valence-electron chi connectivity index (χ4n) is 0.564. The number of alkyl halides is 3. The minimum Gasteiger partial charge on any atom is -0.479 e. The lowest BCUT2D eigenvalue weighted by molar-refractivity contribution is -0.149. The van der Waals surface area contributed by atoms with Gasteiger partial charge in [-0.25, -0.2) is 4.79 Å². The number of hydrogen-bond acceptors (Lipinski definition) is 5. The average molecular weight is 260 g/mol. The van der Waals surface area contributed by atoms with Gasteiger partial charge in [-0.05, 0) is 11.8 Å². The van der Waals surface area contributed by atoms with Gasteiger partial charge in [-0.3, -0.25) is 9.59 Å². The highest BCUT2D eigenvalue weighted by Gasteiger charge is 2.30. The number of carboxylic acid groups (broad SMARTS) is 1. The van der Waals surface area contributed by atoms with E-state index in [0.717, 1.165) is 0 Å². The molecular formula is C7H7F3O5S. The van der Waals surface area contributed by atoms with Crippen LogP contribution < -0.4 is 0 Å². The molecule has 0 aliphatic heterocycles. The standard InChI is InChI=1S/C7H7F3O5S/c8-7(9,10)2-1-3(11)16-6(15)4(12)5(13)14/h4,12H,1-2H2,(H,13,14). The van der Waals surface area contributed by atoms with Crippen LogP contribution in [0.2, 0.25) is 0 Å². The summed E-state index contributed by atoms with van der Waals surface area (Å²) in [4.78, 5) is 31.6. The molecule has 0 fully saturated rings. The maximum absolute atomic E-state index is 11.7. The number of aliphatic hydroxyl groups is 1. The molecule has 0 aliphatic rings. The van der Waals surface area contributed by atoms with Gasteiger partial charge in [-0.2, -0.15) is 13.2 Å². The van der Waals surface area contributed by atoms with Crippen LogP contribution in [0, 0.1) is 0 Å². The van der Waals surface area contributed by atoms with Crippen LogP contribution in [0.5, 0.6) is 0 Å². The third kappa shape index (κ3) is 6.40. The molecule has 0 aromatic carbocycles. The molecular weight excluding hydrogens is 253 g/mol. The lowest BCUT2D eigenvalue weighted by Crippen LogP contribution is -2.28. The van der Waals surface area contributed by atoms with Crippen molar-refractivity contribution in [2.75, 3.05) is 0 Å². The quantitative estimate of drug-likeness (QED) is 0.718. The highest BCUT2D eigenvalue weighted by Crippen LogP contribution is 2.23. The van der Waals surface area contributed by atoms with Crippen molar-refractivity contribution in [3.63, 3.8) is 0 Å². The van der Waals surface area contributed by atoms with Gasteiger partial charge in [0.15, 0.2) is 5.12 Å². The summed E-state index contributed by atoms with van der Waals surface area (Å²) in [5.74, 6) is -1.86. The van der Waals surface area contributed by atoms with E-state index < -0.39 is 41.3 Å². The fraction of sp³-hybridized carbons (Fsp3) is 0.571. The van der Waals surface area contributed by atoms with Crippen molar-refractivity contribution in [2.24, 2.45) is 0 Å². The van der Waals surface area contributed by atoms with E-state index in [1.807, 2.05) is 0 Å². The van der Waals surface area contributed by atoms with Crippen molar-refractivity contribution in [3.05, 3.63) is 0 Å². The fourth-order valence-corrected chi connectivity index (χ4v) is 1.20. The van der Waals surface area contributed by atoms with Crippen LogP contribution in [-0.2, 0) is 14.4 Å². The molecule has 0 rings (SSSR count). The van der Waals surface area contributed by atoms with Crippen LogP contribution in [0.3, 0.4) is 0 Å². The van der Waals surface area contributed by atoms with E-state index in [9.17, 15) is 27.6 Å². The lowest BCUT2D eigenvalue weighted by atomic mass is 10.3. The maximum Gasteiger partial charge on any atom is 0.389 e. The Balaban J connectivity index is 4.07. The zero-order valence-corrected chi connectivity index (χ0v) is 8.47. The first-order valence-corrected chi connectivity index (χ1v) is 4.67. The molecule has 0 aliphatic carbocycles. The molecule has 0 aromatic heterocycles. The first-order valence-electron chi connectivity index (χ1n) is 3.85. The molecule has 16 heavy (non-hydrogen) atoms. The smallest absolute Gasteiger partial charge is 0.389 e. The molecule has 0 aromatic rings. The molecule has 0 saturated carbocycles. The van der Waals surface area contributed by atoms with Crippen LogP contribution in [0.25, 0.3) is 0 Å². The van der Waals surface area contributed by atoms with Crippen molar-refractivity contribution in [1.29, 1.82) is 0 Å². The zero-order valence-electron chi connectivity index (χ0n) is 7.65. The van der Waals surface area contributed by atoms with Gasteiger partial charge in [0.25, 0.3) is 0 Å². The second kappa shape index (κ2) is 5.85. The number of halogens is 3. The number of thioether (sulfide) groups is 1. The Hall–Kier alpha value is -1.09. The maximum atomic E-state index is 11.7. The van der Waals surface area contributed by atoms with E-state index in [2.05, 4.69) is 0 Å². The predicted molar refractivity (Wildman–Crippen MR) is 46.5 cm³/mol. The van der Waals surface area contributed by atoms with Crippen LogP contribution in [0.1, 0.15) is 12.8 Å². The van der Waals surface area contributed by atoms with Crippen LogP contribution in [0.4, 0.5) is 13.2 Å². The van der Waals surface area contributed by atoms with Crippen molar-refractivity contribution in [1.82, 2.24) is 0 Å². The summed E-state index contributed by atoms with van der Waals surface area (Å²) in [7, 11) is 0. The summed E-state index contributed by atoms with van der Waals surface area (Å²) in [6.07, 6.45) is -9.26. The molecule has 1 atom stereocenters. The number of aliphatic carboxylic acids is 1. The second-order valence-corrected chi connectivity index (χ2v) is 3.71. The monoisotopic (exact) mass is 260 g/mol. The first kappa shape index (κ1) is 14.9. The van der Waals surface area contributed by atoms with E-state index >= 15 is 0 Å². The number of carboxylic acids is 1. The van der Waals surface area contributed by atoms with Gasteiger partial charge in [0.05, 0.1) is 6.42 Å².